The molecule has 3 aliphatic rings. The smallest absolute Gasteiger partial charge is 0.162 e. The number of allylic oxidation sites excluding steroid dienone is 8. The van der Waals surface area contributed by atoms with Gasteiger partial charge in [-0.2, -0.15) is 0 Å². The van der Waals surface area contributed by atoms with E-state index in [1.54, 1.807) is 24.3 Å². The van der Waals surface area contributed by atoms with Crippen LogP contribution in [0.15, 0.2) is 83.0 Å². The minimum absolute atomic E-state index is 0.0148. The van der Waals surface area contributed by atoms with Crippen LogP contribution in [-0.4, -0.2) is 55.7 Å². The van der Waals surface area contributed by atoms with E-state index in [4.69, 9.17) is 0 Å². The molecule has 6 heteroatoms. The molecule has 0 aliphatic heterocycles. The third-order valence-corrected chi connectivity index (χ3v) is 11.2. The third kappa shape index (κ3) is 7.68. The quantitative estimate of drug-likeness (QED) is 0.101. The molecule has 252 valence electrons. The lowest BCUT2D eigenvalue weighted by Crippen LogP contribution is -2.59. The van der Waals surface area contributed by atoms with E-state index < -0.39 is 23.2 Å². The molecule has 1 aromatic rings. The molecule has 0 unspecified atom stereocenters. The summed E-state index contributed by atoms with van der Waals surface area (Å²) >= 11 is 0. The summed E-state index contributed by atoms with van der Waals surface area (Å²) in [5.74, 6) is -0.408. The van der Waals surface area contributed by atoms with E-state index in [0.717, 1.165) is 48.0 Å². The van der Waals surface area contributed by atoms with E-state index in [9.17, 15) is 30.3 Å². The number of fused-ring (bicyclic) bond motifs is 1. The Labute approximate surface area is 276 Å². The van der Waals surface area contributed by atoms with Crippen molar-refractivity contribution in [3.63, 3.8) is 0 Å². The van der Waals surface area contributed by atoms with Gasteiger partial charge in [0.15, 0.2) is 5.78 Å². The zero-order valence-electron chi connectivity index (χ0n) is 28.3. The van der Waals surface area contributed by atoms with Gasteiger partial charge in [-0.25, -0.2) is 0 Å². The van der Waals surface area contributed by atoms with Crippen molar-refractivity contribution in [1.29, 1.82) is 0 Å². The van der Waals surface area contributed by atoms with Crippen molar-refractivity contribution in [3.8, 4) is 5.75 Å². The number of carbonyl (C=O) groups excluding carboxylic acids is 1. The van der Waals surface area contributed by atoms with Gasteiger partial charge in [0.1, 0.15) is 5.75 Å². The third-order valence-electron chi connectivity index (χ3n) is 11.2. The molecule has 5 N–H and O–H groups in total. The summed E-state index contributed by atoms with van der Waals surface area (Å²) in [4.78, 5) is 13.7. The zero-order valence-corrected chi connectivity index (χ0v) is 28.3. The molecular formula is C40H56O6. The number of hydrogen-bond donors (Lipinski definition) is 5. The fourth-order valence-electron chi connectivity index (χ4n) is 8.75. The largest absolute Gasteiger partial charge is 0.508 e. The number of aromatic hydroxyl groups is 1. The van der Waals surface area contributed by atoms with Crippen molar-refractivity contribution in [1.82, 2.24) is 0 Å². The Hall–Kier alpha value is -2.77. The molecule has 46 heavy (non-hydrogen) atoms. The first-order chi connectivity index (χ1) is 21.8. The number of ketones is 1. The fourth-order valence-corrected chi connectivity index (χ4v) is 8.75. The average molecular weight is 633 g/mol. The molecule has 0 saturated heterocycles. The highest BCUT2D eigenvalue weighted by atomic mass is 16.3. The van der Waals surface area contributed by atoms with Crippen LogP contribution in [0.1, 0.15) is 97.5 Å². The van der Waals surface area contributed by atoms with Gasteiger partial charge in [-0.15, -0.1) is 0 Å². The minimum Gasteiger partial charge on any atom is -0.508 e. The molecule has 3 fully saturated rings. The predicted molar refractivity (Wildman–Crippen MR) is 184 cm³/mol. The molecule has 3 aliphatic carbocycles. The second kappa shape index (κ2) is 15.4. The molecular weight excluding hydrogens is 576 g/mol. The predicted octanol–water partition coefficient (Wildman–Crippen LogP) is 7.07. The highest BCUT2D eigenvalue weighted by Crippen LogP contribution is 2.66. The Bertz CT molecular complexity index is 1360. The van der Waals surface area contributed by atoms with Crippen LogP contribution in [0.5, 0.6) is 5.75 Å². The lowest BCUT2D eigenvalue weighted by molar-refractivity contribution is -0.168. The monoisotopic (exact) mass is 632 g/mol. The lowest BCUT2D eigenvalue weighted by atomic mass is 9.52. The summed E-state index contributed by atoms with van der Waals surface area (Å²) in [6.45, 7) is 12.0. The average Bonchev–Trinajstić information content (AvgIpc) is 3.19. The summed E-state index contributed by atoms with van der Waals surface area (Å²) in [5.41, 5.74) is 3.40. The minimum atomic E-state index is -1.20. The number of rotatable bonds is 11. The maximum Gasteiger partial charge on any atom is 0.162 e. The highest BCUT2D eigenvalue weighted by molar-refractivity contribution is 5.97. The molecule has 3 saturated carbocycles. The number of phenols is 1. The zero-order chi connectivity index (χ0) is 33.6. The lowest BCUT2D eigenvalue weighted by Gasteiger charge is -2.56. The molecule has 4 rings (SSSR count). The molecule has 0 radical (unpaired) electrons. The van der Waals surface area contributed by atoms with Crippen molar-refractivity contribution >= 4 is 5.78 Å². The molecule has 0 heterocycles. The second-order valence-corrected chi connectivity index (χ2v) is 14.5. The van der Waals surface area contributed by atoms with E-state index in [-0.39, 0.29) is 42.3 Å². The number of aliphatic hydroxyl groups is 4. The van der Waals surface area contributed by atoms with Crippen LogP contribution in [0.4, 0.5) is 0 Å². The molecule has 1 spiro atoms. The second-order valence-electron chi connectivity index (χ2n) is 14.5. The van der Waals surface area contributed by atoms with Crippen LogP contribution >= 0.6 is 0 Å². The van der Waals surface area contributed by atoms with E-state index in [0.29, 0.717) is 44.1 Å². The van der Waals surface area contributed by atoms with Crippen LogP contribution in [-0.2, 0) is 11.2 Å². The van der Waals surface area contributed by atoms with Gasteiger partial charge < -0.3 is 25.5 Å². The summed E-state index contributed by atoms with van der Waals surface area (Å²) in [5, 5.41) is 55.8. The van der Waals surface area contributed by atoms with Crippen LogP contribution in [0.25, 0.3) is 0 Å². The van der Waals surface area contributed by atoms with Crippen LogP contribution in [0, 0.1) is 23.2 Å². The molecule has 7 atom stereocenters. The van der Waals surface area contributed by atoms with Crippen LogP contribution < -0.4 is 0 Å². The van der Waals surface area contributed by atoms with E-state index >= 15 is 0 Å². The number of carbonyl (C=O) groups is 1. The van der Waals surface area contributed by atoms with Crippen molar-refractivity contribution in [2.45, 2.75) is 116 Å². The number of hydrogen-bond acceptors (Lipinski definition) is 6. The Balaban J connectivity index is 1.72. The Morgan fingerprint density at radius 1 is 1.11 bits per heavy atom. The maximum atomic E-state index is 13.7. The summed E-state index contributed by atoms with van der Waals surface area (Å²) < 4.78 is 0. The SMILES string of the molecule is C=C(/C=C/C=C1\[C@H]2[C@@H](CCC[C@@H]1O)C[C@@]1([C@H](CCCO)/C(=C(\C)C(=O)Cc3ccc(O)cc3)CC[C@@]1(C)O)[C@@H]2O)CCC=C(C)C. The first-order valence-electron chi connectivity index (χ1n) is 17.2. The molecule has 0 bridgehead atoms. The van der Waals surface area contributed by atoms with E-state index in [1.807, 2.05) is 32.1 Å². The number of aliphatic hydroxyl groups excluding tert-OH is 3. The highest BCUT2D eigenvalue weighted by Gasteiger charge is 2.67. The van der Waals surface area contributed by atoms with Crippen molar-refractivity contribution in [2.75, 3.05) is 6.61 Å². The molecule has 1 aromatic carbocycles. The normalized spacial score (nSPS) is 33.2. The van der Waals surface area contributed by atoms with Gasteiger partial charge in [0.05, 0.1) is 17.8 Å². The maximum absolute atomic E-state index is 13.7. The van der Waals surface area contributed by atoms with Gasteiger partial charge >= 0.3 is 0 Å². The Morgan fingerprint density at radius 3 is 2.50 bits per heavy atom. The van der Waals surface area contributed by atoms with Crippen LogP contribution in [0.2, 0.25) is 0 Å². The van der Waals surface area contributed by atoms with E-state index in [2.05, 4.69) is 26.5 Å². The van der Waals surface area contributed by atoms with Gasteiger partial charge in [-0.3, -0.25) is 4.79 Å². The Morgan fingerprint density at radius 2 is 1.83 bits per heavy atom. The van der Waals surface area contributed by atoms with Crippen molar-refractivity contribution in [3.05, 3.63) is 88.6 Å². The standard InChI is InChI=1S/C40H56O6/c1-26(2)10-6-11-27(3)12-7-14-33-35(43)16-8-13-30-25-40(38(45)37(30)33)34(15-9-23-41)32(21-22-39(40,5)46)28(4)36(44)24-29-17-19-31(42)20-18-29/h7,10,12,14,17-20,30,34-35,37-38,41-43,45-46H,3,6,8-9,11,13,15-16,21-25H2,1-2,4-5H3/b12-7+,32-28+,33-14-/t30-,34+,35-,37+,38+,39+,40+/m0/s1. The first-order valence-corrected chi connectivity index (χ1v) is 17.2. The molecule has 6 nitrogen and oxygen atoms in total. The number of benzene rings is 1. The summed E-state index contributed by atoms with van der Waals surface area (Å²) in [6, 6.07) is 6.66. The first kappa shape index (κ1) is 36.1. The van der Waals surface area contributed by atoms with Crippen molar-refractivity contribution < 1.29 is 30.3 Å². The fraction of sp³-hybridized carbons (Fsp3) is 0.575. The molecule has 0 aromatic heterocycles. The molecule has 0 amide bonds. The number of Topliss-reactive ketones (excluding diaryl/α,β-unsaturated/α-hetero) is 1. The van der Waals surface area contributed by atoms with Gasteiger partial charge in [-0.1, -0.05) is 66.2 Å². The van der Waals surface area contributed by atoms with E-state index in [1.165, 1.54) is 5.57 Å². The summed E-state index contributed by atoms with van der Waals surface area (Å²) in [7, 11) is 0. The van der Waals surface area contributed by atoms with Gasteiger partial charge in [0, 0.05) is 24.4 Å². The summed E-state index contributed by atoms with van der Waals surface area (Å²) in [6.07, 6.45) is 13.4. The topological polar surface area (TPSA) is 118 Å². The van der Waals surface area contributed by atoms with Gasteiger partial charge in [0.2, 0.25) is 0 Å². The van der Waals surface area contributed by atoms with Gasteiger partial charge in [-0.05, 0) is 126 Å². The van der Waals surface area contributed by atoms with Crippen molar-refractivity contribution in [2.24, 2.45) is 23.2 Å². The Kier molecular flexibility index (Phi) is 12.1. The number of phenolic OH excluding ortho intramolecular Hbond substituents is 1. The van der Waals surface area contributed by atoms with Crippen LogP contribution in [0.3, 0.4) is 0 Å². The van der Waals surface area contributed by atoms with Gasteiger partial charge in [0.25, 0.3) is 0 Å².